The Labute approximate surface area is 134 Å². The maximum Gasteiger partial charge on any atom is 0.141 e. The van der Waals surface area contributed by atoms with Crippen LogP contribution in [0.2, 0.25) is 5.02 Å². The SMILES string of the molecule is O=C(Cc1cccc(Br)c1)Cc1ccc(Br)cc1Cl. The maximum absolute atomic E-state index is 12.0. The molecule has 98 valence electrons. The van der Waals surface area contributed by atoms with Gasteiger partial charge in [-0.15, -0.1) is 0 Å². The van der Waals surface area contributed by atoms with E-state index in [-0.39, 0.29) is 5.78 Å². The van der Waals surface area contributed by atoms with E-state index in [1.54, 1.807) is 0 Å². The Balaban J connectivity index is 2.05. The summed E-state index contributed by atoms with van der Waals surface area (Å²) in [6, 6.07) is 13.4. The molecule has 0 N–H and O–H groups in total. The first-order valence-electron chi connectivity index (χ1n) is 5.74. The standard InChI is InChI=1S/C15H11Br2ClO/c16-12-3-1-2-10(6-12)7-14(19)8-11-4-5-13(17)9-15(11)18/h1-6,9H,7-8H2. The highest BCUT2D eigenvalue weighted by atomic mass is 79.9. The second kappa shape index (κ2) is 6.69. The molecule has 2 rings (SSSR count). The molecule has 0 bridgehead atoms. The van der Waals surface area contributed by atoms with Gasteiger partial charge < -0.3 is 0 Å². The summed E-state index contributed by atoms with van der Waals surface area (Å²) in [6.07, 6.45) is 0.782. The lowest BCUT2D eigenvalue weighted by Crippen LogP contribution is -2.07. The van der Waals surface area contributed by atoms with Crippen LogP contribution in [0, 0.1) is 0 Å². The topological polar surface area (TPSA) is 17.1 Å². The second-order valence-electron chi connectivity index (χ2n) is 4.26. The van der Waals surface area contributed by atoms with Crippen molar-refractivity contribution in [1.29, 1.82) is 0 Å². The summed E-state index contributed by atoms with van der Waals surface area (Å²) in [6.45, 7) is 0. The van der Waals surface area contributed by atoms with Gasteiger partial charge in [-0.3, -0.25) is 4.79 Å². The van der Waals surface area contributed by atoms with E-state index in [0.29, 0.717) is 17.9 Å². The van der Waals surface area contributed by atoms with Gasteiger partial charge in [0.2, 0.25) is 0 Å². The summed E-state index contributed by atoms with van der Waals surface area (Å²) in [4.78, 5) is 12.0. The van der Waals surface area contributed by atoms with Crippen LogP contribution in [0.5, 0.6) is 0 Å². The summed E-state index contributed by atoms with van der Waals surface area (Å²) in [7, 11) is 0. The van der Waals surface area contributed by atoms with Crippen LogP contribution in [-0.4, -0.2) is 5.78 Å². The number of hydrogen-bond acceptors (Lipinski definition) is 1. The first-order chi connectivity index (χ1) is 9.04. The Bertz CT molecular complexity index is 611. The Morgan fingerprint density at radius 3 is 2.42 bits per heavy atom. The molecular weight excluding hydrogens is 391 g/mol. The van der Waals surface area contributed by atoms with E-state index < -0.39 is 0 Å². The number of Topliss-reactive ketones (excluding diaryl/α,β-unsaturated/α-hetero) is 1. The van der Waals surface area contributed by atoms with Crippen molar-refractivity contribution in [2.45, 2.75) is 12.8 Å². The highest BCUT2D eigenvalue weighted by Crippen LogP contribution is 2.22. The largest absolute Gasteiger partial charge is 0.299 e. The van der Waals surface area contributed by atoms with Crippen molar-refractivity contribution in [3.63, 3.8) is 0 Å². The van der Waals surface area contributed by atoms with Gasteiger partial charge in [-0.1, -0.05) is 61.7 Å². The van der Waals surface area contributed by atoms with Crippen molar-refractivity contribution < 1.29 is 4.79 Å². The molecule has 2 aromatic rings. The smallest absolute Gasteiger partial charge is 0.141 e. The minimum absolute atomic E-state index is 0.155. The van der Waals surface area contributed by atoms with Crippen LogP contribution in [0.3, 0.4) is 0 Å². The Kier molecular flexibility index (Phi) is 5.20. The Hall–Kier alpha value is -0.640. The molecule has 0 saturated heterocycles. The highest BCUT2D eigenvalue weighted by molar-refractivity contribution is 9.10. The molecule has 0 aliphatic carbocycles. The quantitative estimate of drug-likeness (QED) is 0.685. The first kappa shape index (κ1) is 14.8. The average molecular weight is 403 g/mol. The Morgan fingerprint density at radius 2 is 1.74 bits per heavy atom. The fourth-order valence-electron chi connectivity index (χ4n) is 1.81. The molecule has 4 heteroatoms. The second-order valence-corrected chi connectivity index (χ2v) is 6.50. The molecular formula is C15H11Br2ClO. The van der Waals surface area contributed by atoms with Crippen LogP contribution in [-0.2, 0) is 17.6 Å². The third-order valence-electron chi connectivity index (χ3n) is 2.69. The number of hydrogen-bond donors (Lipinski definition) is 0. The maximum atomic E-state index is 12.0. The Morgan fingerprint density at radius 1 is 1.00 bits per heavy atom. The van der Waals surface area contributed by atoms with Gasteiger partial charge in [0.1, 0.15) is 5.78 Å². The van der Waals surface area contributed by atoms with Crippen LogP contribution in [0.25, 0.3) is 0 Å². The lowest BCUT2D eigenvalue weighted by molar-refractivity contribution is -0.117. The minimum atomic E-state index is 0.155. The van der Waals surface area contributed by atoms with Gasteiger partial charge in [0.05, 0.1) is 0 Å². The summed E-state index contributed by atoms with van der Waals surface area (Å²) in [5, 5.41) is 0.622. The molecule has 2 aromatic carbocycles. The van der Waals surface area contributed by atoms with Gasteiger partial charge in [0.25, 0.3) is 0 Å². The van der Waals surface area contributed by atoms with Crippen molar-refractivity contribution in [3.8, 4) is 0 Å². The molecule has 0 aromatic heterocycles. The number of carbonyl (C=O) groups excluding carboxylic acids is 1. The normalized spacial score (nSPS) is 10.5. The lowest BCUT2D eigenvalue weighted by Gasteiger charge is -2.05. The molecule has 0 aliphatic heterocycles. The summed E-state index contributed by atoms with van der Waals surface area (Å²) >= 11 is 12.9. The lowest BCUT2D eigenvalue weighted by atomic mass is 10.0. The number of halogens is 3. The van der Waals surface area contributed by atoms with Crippen molar-refractivity contribution in [1.82, 2.24) is 0 Å². The summed E-state index contributed by atoms with van der Waals surface area (Å²) < 4.78 is 1.90. The van der Waals surface area contributed by atoms with Crippen LogP contribution < -0.4 is 0 Å². The van der Waals surface area contributed by atoms with E-state index >= 15 is 0 Å². The molecule has 0 radical (unpaired) electrons. The van der Waals surface area contributed by atoms with E-state index in [1.165, 1.54) is 0 Å². The van der Waals surface area contributed by atoms with E-state index in [0.717, 1.165) is 20.1 Å². The van der Waals surface area contributed by atoms with E-state index in [9.17, 15) is 4.79 Å². The van der Waals surface area contributed by atoms with Crippen LogP contribution in [0.15, 0.2) is 51.4 Å². The van der Waals surface area contributed by atoms with Gasteiger partial charge in [-0.2, -0.15) is 0 Å². The van der Waals surface area contributed by atoms with E-state index in [1.807, 2.05) is 42.5 Å². The van der Waals surface area contributed by atoms with Gasteiger partial charge in [-0.05, 0) is 35.4 Å². The summed E-state index contributed by atoms with van der Waals surface area (Å²) in [5.41, 5.74) is 1.87. The molecule has 0 spiro atoms. The van der Waals surface area contributed by atoms with Gasteiger partial charge in [0, 0.05) is 26.8 Å². The van der Waals surface area contributed by atoms with E-state index in [4.69, 9.17) is 11.6 Å². The molecule has 0 atom stereocenters. The molecule has 0 aliphatic rings. The third kappa shape index (κ3) is 4.44. The molecule has 1 nitrogen and oxygen atoms in total. The predicted octanol–water partition coefficient (Wildman–Crippen LogP) is 5.22. The summed E-state index contributed by atoms with van der Waals surface area (Å²) in [5.74, 6) is 0.155. The zero-order valence-electron chi connectivity index (χ0n) is 10.00. The number of carbonyl (C=O) groups is 1. The van der Waals surface area contributed by atoms with Crippen molar-refractivity contribution in [2.24, 2.45) is 0 Å². The number of ketones is 1. The van der Waals surface area contributed by atoms with Crippen LogP contribution >= 0.6 is 43.5 Å². The van der Waals surface area contributed by atoms with Crippen molar-refractivity contribution in [2.75, 3.05) is 0 Å². The van der Waals surface area contributed by atoms with Gasteiger partial charge in [0.15, 0.2) is 0 Å². The fourth-order valence-corrected chi connectivity index (χ4v) is 3.00. The van der Waals surface area contributed by atoms with Crippen LogP contribution in [0.4, 0.5) is 0 Å². The molecule has 0 unspecified atom stereocenters. The van der Waals surface area contributed by atoms with Gasteiger partial charge >= 0.3 is 0 Å². The van der Waals surface area contributed by atoms with Gasteiger partial charge in [-0.25, -0.2) is 0 Å². The first-order valence-corrected chi connectivity index (χ1v) is 7.71. The molecule has 0 amide bonds. The monoisotopic (exact) mass is 400 g/mol. The van der Waals surface area contributed by atoms with Crippen molar-refractivity contribution >= 4 is 49.2 Å². The molecule has 0 saturated carbocycles. The highest BCUT2D eigenvalue weighted by Gasteiger charge is 2.09. The van der Waals surface area contributed by atoms with E-state index in [2.05, 4.69) is 31.9 Å². The minimum Gasteiger partial charge on any atom is -0.299 e. The average Bonchev–Trinajstić information content (AvgIpc) is 2.33. The third-order valence-corrected chi connectivity index (χ3v) is 4.03. The molecule has 0 fully saturated rings. The fraction of sp³-hybridized carbons (Fsp3) is 0.133. The zero-order chi connectivity index (χ0) is 13.8. The molecule has 19 heavy (non-hydrogen) atoms. The number of benzene rings is 2. The zero-order valence-corrected chi connectivity index (χ0v) is 13.9. The van der Waals surface area contributed by atoms with Crippen LogP contribution in [0.1, 0.15) is 11.1 Å². The van der Waals surface area contributed by atoms with Crippen molar-refractivity contribution in [3.05, 3.63) is 67.6 Å². The predicted molar refractivity (Wildman–Crippen MR) is 85.7 cm³/mol. The number of rotatable bonds is 4. The molecule has 0 heterocycles.